The Kier molecular flexibility index (Phi) is 3.76. The van der Waals surface area contributed by atoms with Crippen molar-refractivity contribution in [1.29, 1.82) is 0 Å². The summed E-state index contributed by atoms with van der Waals surface area (Å²) in [6, 6.07) is 5.64. The number of aryl methyl sites for hydroxylation is 1. The number of carbonyl (C=O) groups excluding carboxylic acids is 1. The number of nitrogens with zero attached hydrogens (tertiary/aromatic N) is 1. The quantitative estimate of drug-likeness (QED) is 0.928. The molecule has 1 N–H and O–H groups in total. The standard InChI is InChI=1S/C12H11ClN2OS/c1-8-2-3-9(17-8)6-15-12(16)10-7-14-5-4-11(10)13/h2-5,7H,6H2,1H3,(H,15,16). The molecule has 2 aromatic heterocycles. The van der Waals surface area contributed by atoms with Gasteiger partial charge in [0.2, 0.25) is 0 Å². The Balaban J connectivity index is 2.01. The number of nitrogens with one attached hydrogen (secondary N) is 1. The summed E-state index contributed by atoms with van der Waals surface area (Å²) < 4.78 is 0. The molecule has 0 aliphatic heterocycles. The molecule has 0 aromatic carbocycles. The summed E-state index contributed by atoms with van der Waals surface area (Å²) in [6.07, 6.45) is 3.03. The fraction of sp³-hybridized carbons (Fsp3) is 0.167. The molecular formula is C12H11ClN2OS. The molecule has 2 aromatic rings. The average molecular weight is 267 g/mol. The molecular weight excluding hydrogens is 256 g/mol. The highest BCUT2D eigenvalue weighted by atomic mass is 35.5. The maximum absolute atomic E-state index is 11.8. The minimum Gasteiger partial charge on any atom is -0.347 e. The predicted molar refractivity (Wildman–Crippen MR) is 69.5 cm³/mol. The normalized spacial score (nSPS) is 10.2. The maximum atomic E-state index is 11.8. The fourth-order valence-corrected chi connectivity index (χ4v) is 2.41. The molecule has 0 saturated heterocycles. The first kappa shape index (κ1) is 12.1. The number of hydrogen-bond donors (Lipinski definition) is 1. The predicted octanol–water partition coefficient (Wildman–Crippen LogP) is 3.03. The second-order valence-corrected chi connectivity index (χ2v) is 5.33. The van der Waals surface area contributed by atoms with Crippen molar-refractivity contribution < 1.29 is 4.79 Å². The minimum atomic E-state index is -0.200. The number of rotatable bonds is 3. The van der Waals surface area contributed by atoms with Gasteiger partial charge >= 0.3 is 0 Å². The van der Waals surface area contributed by atoms with Crippen LogP contribution in [0.25, 0.3) is 0 Å². The molecule has 0 unspecified atom stereocenters. The van der Waals surface area contributed by atoms with E-state index in [1.54, 1.807) is 23.6 Å². The molecule has 88 valence electrons. The first-order valence-electron chi connectivity index (χ1n) is 5.10. The van der Waals surface area contributed by atoms with Crippen molar-refractivity contribution in [3.63, 3.8) is 0 Å². The maximum Gasteiger partial charge on any atom is 0.254 e. The molecule has 0 fully saturated rings. The van der Waals surface area contributed by atoms with Crippen LogP contribution in [0.15, 0.2) is 30.6 Å². The lowest BCUT2D eigenvalue weighted by Gasteiger charge is -2.04. The number of thiophene rings is 1. The molecule has 0 atom stereocenters. The van der Waals surface area contributed by atoms with Crippen LogP contribution in [0.3, 0.4) is 0 Å². The van der Waals surface area contributed by atoms with Crippen LogP contribution < -0.4 is 5.32 Å². The van der Waals surface area contributed by atoms with Crippen LogP contribution in [0.4, 0.5) is 0 Å². The first-order chi connectivity index (χ1) is 8.16. The smallest absolute Gasteiger partial charge is 0.254 e. The van der Waals surface area contributed by atoms with Gasteiger partial charge in [-0.25, -0.2) is 0 Å². The van der Waals surface area contributed by atoms with Gasteiger partial charge in [0.05, 0.1) is 17.1 Å². The summed E-state index contributed by atoms with van der Waals surface area (Å²) in [5.74, 6) is -0.200. The van der Waals surface area contributed by atoms with Gasteiger partial charge in [-0.3, -0.25) is 9.78 Å². The third kappa shape index (κ3) is 3.05. The van der Waals surface area contributed by atoms with Crippen molar-refractivity contribution in [2.45, 2.75) is 13.5 Å². The summed E-state index contributed by atoms with van der Waals surface area (Å²) in [6.45, 7) is 2.55. The van der Waals surface area contributed by atoms with Crippen molar-refractivity contribution >= 4 is 28.8 Å². The molecule has 1 amide bonds. The largest absolute Gasteiger partial charge is 0.347 e. The monoisotopic (exact) mass is 266 g/mol. The number of amides is 1. The van der Waals surface area contributed by atoms with Gasteiger partial charge < -0.3 is 5.32 Å². The van der Waals surface area contributed by atoms with Crippen LogP contribution in [-0.4, -0.2) is 10.9 Å². The van der Waals surface area contributed by atoms with E-state index in [4.69, 9.17) is 11.6 Å². The van der Waals surface area contributed by atoms with Crippen LogP contribution in [0.5, 0.6) is 0 Å². The summed E-state index contributed by atoms with van der Waals surface area (Å²) in [5, 5.41) is 3.23. The van der Waals surface area contributed by atoms with Crippen LogP contribution in [0.2, 0.25) is 5.02 Å². The van der Waals surface area contributed by atoms with E-state index in [0.29, 0.717) is 17.1 Å². The molecule has 17 heavy (non-hydrogen) atoms. The lowest BCUT2D eigenvalue weighted by molar-refractivity contribution is 0.0951. The molecule has 2 rings (SSSR count). The van der Waals surface area contributed by atoms with E-state index in [0.717, 1.165) is 4.88 Å². The summed E-state index contributed by atoms with van der Waals surface area (Å²) >= 11 is 7.57. The second-order valence-electron chi connectivity index (χ2n) is 3.55. The molecule has 0 bridgehead atoms. The zero-order valence-electron chi connectivity index (χ0n) is 9.24. The van der Waals surface area contributed by atoms with E-state index >= 15 is 0 Å². The molecule has 0 spiro atoms. The minimum absolute atomic E-state index is 0.200. The van der Waals surface area contributed by atoms with Gasteiger partial charge in [0, 0.05) is 22.1 Å². The van der Waals surface area contributed by atoms with Crippen molar-refractivity contribution in [3.05, 3.63) is 50.9 Å². The van der Waals surface area contributed by atoms with E-state index in [9.17, 15) is 4.79 Å². The topological polar surface area (TPSA) is 42.0 Å². The van der Waals surface area contributed by atoms with E-state index in [1.165, 1.54) is 11.1 Å². The number of aromatic nitrogens is 1. The third-order valence-corrected chi connectivity index (χ3v) is 3.56. The second kappa shape index (κ2) is 5.29. The van der Waals surface area contributed by atoms with Crippen molar-refractivity contribution in [2.24, 2.45) is 0 Å². The van der Waals surface area contributed by atoms with Crippen LogP contribution >= 0.6 is 22.9 Å². The van der Waals surface area contributed by atoms with E-state index < -0.39 is 0 Å². The highest BCUT2D eigenvalue weighted by Gasteiger charge is 2.09. The van der Waals surface area contributed by atoms with Gasteiger partial charge in [-0.05, 0) is 25.1 Å². The van der Waals surface area contributed by atoms with Gasteiger partial charge in [-0.1, -0.05) is 11.6 Å². The molecule has 0 radical (unpaired) electrons. The highest BCUT2D eigenvalue weighted by molar-refractivity contribution is 7.11. The lowest BCUT2D eigenvalue weighted by Crippen LogP contribution is -2.22. The summed E-state index contributed by atoms with van der Waals surface area (Å²) in [5.41, 5.74) is 0.405. The Labute approximate surface area is 108 Å². The average Bonchev–Trinajstić information content (AvgIpc) is 2.73. The Hall–Kier alpha value is -1.39. The Morgan fingerprint density at radius 2 is 2.29 bits per heavy atom. The highest BCUT2D eigenvalue weighted by Crippen LogP contribution is 2.16. The molecule has 0 aliphatic rings. The van der Waals surface area contributed by atoms with Crippen LogP contribution in [-0.2, 0) is 6.54 Å². The number of carbonyl (C=O) groups is 1. The SMILES string of the molecule is Cc1ccc(CNC(=O)c2cnccc2Cl)s1. The molecule has 3 nitrogen and oxygen atoms in total. The first-order valence-corrected chi connectivity index (χ1v) is 6.29. The third-order valence-electron chi connectivity index (χ3n) is 2.23. The van der Waals surface area contributed by atoms with Crippen molar-refractivity contribution in [1.82, 2.24) is 10.3 Å². The Bertz CT molecular complexity index is 539. The van der Waals surface area contributed by atoms with Crippen molar-refractivity contribution in [3.8, 4) is 0 Å². The van der Waals surface area contributed by atoms with Gasteiger partial charge in [0.1, 0.15) is 0 Å². The molecule has 5 heteroatoms. The Morgan fingerprint density at radius 1 is 1.47 bits per heavy atom. The van der Waals surface area contributed by atoms with E-state index in [2.05, 4.69) is 10.3 Å². The summed E-state index contributed by atoms with van der Waals surface area (Å²) in [7, 11) is 0. The van der Waals surface area contributed by atoms with Gasteiger partial charge in [0.15, 0.2) is 0 Å². The molecule has 0 aliphatic carbocycles. The fourth-order valence-electron chi connectivity index (χ4n) is 1.39. The zero-order chi connectivity index (χ0) is 12.3. The number of hydrogen-bond acceptors (Lipinski definition) is 3. The summed E-state index contributed by atoms with van der Waals surface area (Å²) in [4.78, 5) is 18.0. The van der Waals surface area contributed by atoms with Crippen LogP contribution in [0.1, 0.15) is 20.1 Å². The van der Waals surface area contributed by atoms with Crippen molar-refractivity contribution in [2.75, 3.05) is 0 Å². The van der Waals surface area contributed by atoms with Crippen LogP contribution in [0, 0.1) is 6.92 Å². The zero-order valence-corrected chi connectivity index (χ0v) is 10.8. The lowest BCUT2D eigenvalue weighted by atomic mass is 10.2. The molecule has 0 saturated carbocycles. The molecule has 2 heterocycles. The van der Waals surface area contributed by atoms with E-state index in [1.807, 2.05) is 19.1 Å². The Morgan fingerprint density at radius 3 is 2.94 bits per heavy atom. The number of halogens is 1. The van der Waals surface area contributed by atoms with E-state index in [-0.39, 0.29) is 5.91 Å². The van der Waals surface area contributed by atoms with Gasteiger partial charge in [0.25, 0.3) is 5.91 Å². The number of pyridine rings is 1. The van der Waals surface area contributed by atoms with Gasteiger partial charge in [-0.15, -0.1) is 11.3 Å². The van der Waals surface area contributed by atoms with Gasteiger partial charge in [-0.2, -0.15) is 0 Å².